The number of aromatic nitrogens is 4. The molecule has 1 aliphatic heterocycles. The Morgan fingerprint density at radius 2 is 1.82 bits per heavy atom. The maximum absolute atomic E-state index is 13.1. The molecule has 0 aliphatic carbocycles. The van der Waals surface area contributed by atoms with Crippen molar-refractivity contribution in [1.29, 1.82) is 0 Å². The van der Waals surface area contributed by atoms with Crippen LogP contribution in [0.15, 0.2) is 49.1 Å². The monoisotopic (exact) mass is 473 g/mol. The van der Waals surface area contributed by atoms with Crippen molar-refractivity contribution in [2.75, 3.05) is 57.1 Å². The van der Waals surface area contributed by atoms with Gasteiger partial charge in [-0.05, 0) is 31.3 Å². The lowest BCUT2D eigenvalue weighted by atomic mass is 10.1. The maximum atomic E-state index is 13.1. The number of pyridine rings is 3. The van der Waals surface area contributed by atoms with E-state index in [0.29, 0.717) is 5.56 Å². The fraction of sp³-hybridized carbons (Fsp3) is 0.320. The van der Waals surface area contributed by atoms with E-state index >= 15 is 0 Å². The number of fused-ring (bicyclic) bond motifs is 1. The number of likely N-dealkylation sites (N-methyl/N-ethyl adjacent to an activating group) is 1. The number of ketones is 1. The van der Waals surface area contributed by atoms with Crippen LogP contribution in [-0.4, -0.2) is 77.9 Å². The Morgan fingerprint density at radius 3 is 2.59 bits per heavy atom. The van der Waals surface area contributed by atoms with Crippen LogP contribution in [0, 0.1) is 0 Å². The summed E-state index contributed by atoms with van der Waals surface area (Å²) >= 11 is 1.62. The number of hydrogen-bond acceptors (Lipinski definition) is 9. The molecule has 174 valence electrons. The summed E-state index contributed by atoms with van der Waals surface area (Å²) in [6.45, 7) is 3.82. The highest BCUT2D eigenvalue weighted by atomic mass is 32.1. The van der Waals surface area contributed by atoms with Gasteiger partial charge in [0.05, 0.1) is 23.0 Å². The van der Waals surface area contributed by atoms with Crippen molar-refractivity contribution in [3.63, 3.8) is 0 Å². The second kappa shape index (κ2) is 9.44. The van der Waals surface area contributed by atoms with Crippen LogP contribution in [0.4, 0.5) is 10.9 Å². The van der Waals surface area contributed by atoms with Gasteiger partial charge in [-0.3, -0.25) is 14.8 Å². The van der Waals surface area contributed by atoms with E-state index in [2.05, 4.69) is 42.8 Å². The van der Waals surface area contributed by atoms with Crippen LogP contribution >= 0.6 is 11.3 Å². The minimum absolute atomic E-state index is 0.0341. The lowest BCUT2D eigenvalue weighted by Gasteiger charge is -2.33. The molecule has 0 bridgehead atoms. The molecular weight excluding hydrogens is 446 g/mol. The highest BCUT2D eigenvalue weighted by Gasteiger charge is 2.17. The quantitative estimate of drug-likeness (QED) is 0.395. The summed E-state index contributed by atoms with van der Waals surface area (Å²) in [5.74, 6) is 0.896. The third-order valence-electron chi connectivity index (χ3n) is 6.02. The molecule has 34 heavy (non-hydrogen) atoms. The predicted molar refractivity (Wildman–Crippen MR) is 137 cm³/mol. The van der Waals surface area contributed by atoms with Gasteiger partial charge >= 0.3 is 0 Å². The van der Waals surface area contributed by atoms with Gasteiger partial charge in [-0.25, -0.2) is 9.97 Å². The average Bonchev–Trinajstić information content (AvgIpc) is 3.35. The second-order valence-electron chi connectivity index (χ2n) is 8.79. The van der Waals surface area contributed by atoms with Gasteiger partial charge in [0.2, 0.25) is 0 Å². The molecule has 0 spiro atoms. The van der Waals surface area contributed by atoms with Gasteiger partial charge in [0.25, 0.3) is 0 Å². The summed E-state index contributed by atoms with van der Waals surface area (Å²) < 4.78 is 0. The van der Waals surface area contributed by atoms with Crippen LogP contribution in [-0.2, 0) is 6.42 Å². The van der Waals surface area contributed by atoms with Crippen LogP contribution in [0.1, 0.15) is 16.1 Å². The zero-order chi connectivity index (χ0) is 23.7. The zero-order valence-electron chi connectivity index (χ0n) is 19.6. The van der Waals surface area contributed by atoms with Gasteiger partial charge in [-0.2, -0.15) is 0 Å². The Bertz CT molecular complexity index is 1330. The first-order chi connectivity index (χ1) is 16.5. The summed E-state index contributed by atoms with van der Waals surface area (Å²) in [6.07, 6.45) is 7.41. The number of Topliss-reactive ketones (excluding diaryl/α,β-unsaturated/α-hetero) is 1. The lowest BCUT2D eigenvalue weighted by Crippen LogP contribution is -2.44. The minimum Gasteiger partial charge on any atom is -0.354 e. The number of carbonyl (C=O) groups excluding carboxylic acids is 1. The predicted octanol–water partition coefficient (Wildman–Crippen LogP) is 3.39. The molecule has 0 saturated carbocycles. The molecule has 4 aromatic heterocycles. The van der Waals surface area contributed by atoms with Crippen LogP contribution in [0.3, 0.4) is 0 Å². The SMILES string of the molecule is CN1CCN(c2cc(C(=O)Cc3cc4cc(-c5cnc(N(C)C)s5)cnc4cn3)ccn2)CC1. The molecule has 0 atom stereocenters. The number of piperazine rings is 1. The molecule has 0 aromatic carbocycles. The standard InChI is InChI=1S/C25H27N7OS/c1-30(2)25-29-16-23(34-25)19-10-18-11-20(27-15-21(18)28-14-19)13-22(33)17-4-5-26-24(12-17)32-8-6-31(3)7-9-32/h4-5,10-12,14-16H,6-9,13H2,1-3H3. The zero-order valence-corrected chi connectivity index (χ0v) is 20.4. The van der Waals surface area contributed by atoms with Gasteiger partial charge < -0.3 is 14.7 Å². The molecule has 0 radical (unpaired) electrons. The molecule has 9 heteroatoms. The number of rotatable bonds is 6. The maximum Gasteiger partial charge on any atom is 0.185 e. The van der Waals surface area contributed by atoms with E-state index in [1.165, 1.54) is 0 Å². The van der Waals surface area contributed by atoms with E-state index in [9.17, 15) is 4.79 Å². The molecular formula is C25H27N7OS. The molecule has 0 N–H and O–H groups in total. The lowest BCUT2D eigenvalue weighted by molar-refractivity contribution is 0.0992. The van der Waals surface area contributed by atoms with Gasteiger partial charge in [0, 0.05) is 81.1 Å². The summed E-state index contributed by atoms with van der Waals surface area (Å²) in [4.78, 5) is 38.7. The average molecular weight is 474 g/mol. The number of hydrogen-bond donors (Lipinski definition) is 0. The van der Waals surface area contributed by atoms with Crippen molar-refractivity contribution in [2.24, 2.45) is 0 Å². The van der Waals surface area contributed by atoms with Gasteiger partial charge in [-0.1, -0.05) is 11.3 Å². The van der Waals surface area contributed by atoms with Gasteiger partial charge in [0.15, 0.2) is 10.9 Å². The summed E-state index contributed by atoms with van der Waals surface area (Å²) in [5.41, 5.74) is 3.21. The third kappa shape index (κ3) is 4.76. The van der Waals surface area contributed by atoms with Crippen LogP contribution in [0.25, 0.3) is 21.3 Å². The van der Waals surface area contributed by atoms with Crippen molar-refractivity contribution < 1.29 is 4.79 Å². The van der Waals surface area contributed by atoms with E-state index in [4.69, 9.17) is 0 Å². The van der Waals surface area contributed by atoms with Crippen LogP contribution in [0.2, 0.25) is 0 Å². The Labute approximate surface area is 202 Å². The molecule has 5 rings (SSSR count). The molecule has 1 fully saturated rings. The second-order valence-corrected chi connectivity index (χ2v) is 9.80. The Morgan fingerprint density at radius 1 is 1.00 bits per heavy atom. The summed E-state index contributed by atoms with van der Waals surface area (Å²) in [7, 11) is 6.08. The van der Waals surface area contributed by atoms with E-state index in [-0.39, 0.29) is 12.2 Å². The first-order valence-electron chi connectivity index (χ1n) is 11.3. The van der Waals surface area contributed by atoms with E-state index < -0.39 is 0 Å². The molecule has 1 saturated heterocycles. The Hall–Kier alpha value is -3.43. The van der Waals surface area contributed by atoms with Gasteiger partial charge in [-0.15, -0.1) is 0 Å². The molecule has 5 heterocycles. The van der Waals surface area contributed by atoms with E-state index in [0.717, 1.165) is 64.2 Å². The number of anilines is 2. The molecule has 1 aliphatic rings. The Balaban J connectivity index is 1.35. The fourth-order valence-electron chi connectivity index (χ4n) is 3.98. The summed E-state index contributed by atoms with van der Waals surface area (Å²) in [5, 5.41) is 1.91. The van der Waals surface area contributed by atoms with Crippen molar-refractivity contribution in [3.05, 3.63) is 60.3 Å². The van der Waals surface area contributed by atoms with Gasteiger partial charge in [0.1, 0.15) is 5.82 Å². The third-order valence-corrected chi connectivity index (χ3v) is 7.24. The highest BCUT2D eigenvalue weighted by molar-refractivity contribution is 7.18. The topological polar surface area (TPSA) is 78.4 Å². The van der Waals surface area contributed by atoms with Crippen molar-refractivity contribution in [2.45, 2.75) is 6.42 Å². The Kier molecular flexibility index (Phi) is 6.21. The largest absolute Gasteiger partial charge is 0.354 e. The van der Waals surface area contributed by atoms with Crippen molar-refractivity contribution in [1.82, 2.24) is 24.8 Å². The normalized spacial score (nSPS) is 14.5. The minimum atomic E-state index is 0.0341. The smallest absolute Gasteiger partial charge is 0.185 e. The molecule has 0 unspecified atom stereocenters. The highest BCUT2D eigenvalue weighted by Crippen LogP contribution is 2.31. The number of thiazole rings is 1. The molecule has 0 amide bonds. The van der Waals surface area contributed by atoms with Crippen molar-refractivity contribution >= 4 is 39.0 Å². The first-order valence-corrected chi connectivity index (χ1v) is 12.1. The molecule has 8 nitrogen and oxygen atoms in total. The van der Waals surface area contributed by atoms with E-state index in [1.54, 1.807) is 29.8 Å². The number of carbonyl (C=O) groups is 1. The van der Waals surface area contributed by atoms with Crippen LogP contribution < -0.4 is 9.80 Å². The fourth-order valence-corrected chi connectivity index (χ4v) is 4.80. The summed E-state index contributed by atoms with van der Waals surface area (Å²) in [6, 6.07) is 7.73. The number of nitrogens with zero attached hydrogens (tertiary/aromatic N) is 7. The van der Waals surface area contributed by atoms with E-state index in [1.807, 2.05) is 43.5 Å². The van der Waals surface area contributed by atoms with Crippen LogP contribution in [0.5, 0.6) is 0 Å². The molecule has 4 aromatic rings. The first kappa shape index (κ1) is 22.4. The van der Waals surface area contributed by atoms with Crippen molar-refractivity contribution in [3.8, 4) is 10.4 Å².